The lowest BCUT2D eigenvalue weighted by atomic mass is 9.77. The monoisotopic (exact) mass is 227 g/mol. The van der Waals surface area contributed by atoms with Crippen LogP contribution in [0.5, 0.6) is 0 Å². The molecule has 1 nitrogen and oxygen atoms in total. The summed E-state index contributed by atoms with van der Waals surface area (Å²) in [6.07, 6.45) is 0. The molecule has 0 spiro atoms. The summed E-state index contributed by atoms with van der Waals surface area (Å²) in [5.74, 6) is 0.579. The van der Waals surface area contributed by atoms with Crippen LogP contribution in [-0.2, 0) is 5.41 Å². The smallest absolute Gasteiger partial charge is 0.0708 e. The van der Waals surface area contributed by atoms with E-state index < -0.39 is 0 Å². The normalized spacial score (nSPS) is 12.4. The zero-order chi connectivity index (χ0) is 12.6. The van der Waals surface area contributed by atoms with Crippen LogP contribution < -0.4 is 0 Å². The Hall–Kier alpha value is -1.37. The van der Waals surface area contributed by atoms with Gasteiger partial charge in [0.1, 0.15) is 0 Å². The number of para-hydroxylation sites is 1. The van der Waals surface area contributed by atoms with Crippen molar-refractivity contribution in [3.8, 4) is 0 Å². The summed E-state index contributed by atoms with van der Waals surface area (Å²) in [5.41, 5.74) is 3.74. The highest BCUT2D eigenvalue weighted by molar-refractivity contribution is 5.82. The Morgan fingerprint density at radius 3 is 2.41 bits per heavy atom. The molecule has 0 unspecified atom stereocenters. The molecule has 0 radical (unpaired) electrons. The molecule has 0 amide bonds. The molecule has 0 aliphatic carbocycles. The van der Waals surface area contributed by atoms with Crippen molar-refractivity contribution >= 4 is 10.9 Å². The predicted molar refractivity (Wildman–Crippen MR) is 74.3 cm³/mol. The average Bonchev–Trinajstić information content (AvgIpc) is 2.28. The van der Waals surface area contributed by atoms with E-state index in [0.29, 0.717) is 5.92 Å². The highest BCUT2D eigenvalue weighted by Gasteiger charge is 2.26. The molecule has 0 atom stereocenters. The maximum Gasteiger partial charge on any atom is 0.0708 e. The predicted octanol–water partition coefficient (Wildman–Crippen LogP) is 4.48. The van der Waals surface area contributed by atoms with Crippen LogP contribution in [0, 0.1) is 12.8 Å². The van der Waals surface area contributed by atoms with Gasteiger partial charge in [-0.3, -0.25) is 4.98 Å². The lowest BCUT2D eigenvalue weighted by Crippen LogP contribution is -2.25. The molecular formula is C16H21N. The highest BCUT2D eigenvalue weighted by atomic mass is 14.7. The molecule has 2 aromatic rings. The van der Waals surface area contributed by atoms with Gasteiger partial charge in [-0.05, 0) is 30.5 Å². The van der Waals surface area contributed by atoms with Gasteiger partial charge < -0.3 is 0 Å². The van der Waals surface area contributed by atoms with Gasteiger partial charge >= 0.3 is 0 Å². The Kier molecular flexibility index (Phi) is 2.94. The topological polar surface area (TPSA) is 12.9 Å². The van der Waals surface area contributed by atoms with Gasteiger partial charge in [-0.15, -0.1) is 0 Å². The van der Waals surface area contributed by atoms with Crippen LogP contribution in [0.25, 0.3) is 10.9 Å². The van der Waals surface area contributed by atoms with Crippen molar-refractivity contribution in [2.45, 2.75) is 40.0 Å². The molecule has 17 heavy (non-hydrogen) atoms. The highest BCUT2D eigenvalue weighted by Crippen LogP contribution is 2.32. The molecule has 2 rings (SSSR count). The van der Waals surface area contributed by atoms with Crippen molar-refractivity contribution in [3.63, 3.8) is 0 Å². The van der Waals surface area contributed by atoms with Gasteiger partial charge in [-0.1, -0.05) is 45.9 Å². The van der Waals surface area contributed by atoms with E-state index in [0.717, 1.165) is 5.52 Å². The van der Waals surface area contributed by atoms with E-state index in [-0.39, 0.29) is 5.41 Å². The number of benzene rings is 1. The maximum absolute atomic E-state index is 4.83. The zero-order valence-electron chi connectivity index (χ0n) is 11.4. The van der Waals surface area contributed by atoms with Crippen LogP contribution in [0.3, 0.4) is 0 Å². The number of fused-ring (bicyclic) bond motifs is 1. The molecule has 1 aromatic carbocycles. The third-order valence-electron chi connectivity index (χ3n) is 4.03. The molecule has 1 heteroatoms. The molecule has 0 saturated carbocycles. The first kappa shape index (κ1) is 12.1. The summed E-state index contributed by atoms with van der Waals surface area (Å²) in [6.45, 7) is 11.2. The maximum atomic E-state index is 4.83. The number of rotatable bonds is 2. The molecule has 90 valence electrons. The summed E-state index contributed by atoms with van der Waals surface area (Å²) in [6, 6.07) is 10.6. The number of hydrogen-bond acceptors (Lipinski definition) is 1. The van der Waals surface area contributed by atoms with Crippen molar-refractivity contribution in [3.05, 3.63) is 41.6 Å². The number of nitrogens with zero attached hydrogens (tertiary/aromatic N) is 1. The van der Waals surface area contributed by atoms with E-state index in [2.05, 4.69) is 65.0 Å². The first-order valence-corrected chi connectivity index (χ1v) is 6.30. The molecule has 1 aromatic heterocycles. The average molecular weight is 227 g/mol. The number of pyridine rings is 1. The fourth-order valence-corrected chi connectivity index (χ4v) is 1.98. The SMILES string of the molecule is Cc1cc(C(C)(C)C(C)C)nc2ccccc12. The summed E-state index contributed by atoms with van der Waals surface area (Å²) in [7, 11) is 0. The molecule has 0 saturated heterocycles. The van der Waals surface area contributed by atoms with Gasteiger partial charge in [-0.25, -0.2) is 0 Å². The van der Waals surface area contributed by atoms with Gasteiger partial charge in [0.25, 0.3) is 0 Å². The fourth-order valence-electron chi connectivity index (χ4n) is 1.98. The van der Waals surface area contributed by atoms with Gasteiger partial charge in [0.15, 0.2) is 0 Å². The lowest BCUT2D eigenvalue weighted by Gasteiger charge is -2.29. The summed E-state index contributed by atoms with van der Waals surface area (Å²) in [5, 5.41) is 1.26. The number of aryl methyl sites for hydroxylation is 1. The van der Waals surface area contributed by atoms with E-state index >= 15 is 0 Å². The van der Waals surface area contributed by atoms with Crippen LogP contribution in [0.15, 0.2) is 30.3 Å². The Bertz CT molecular complexity index is 538. The Morgan fingerprint density at radius 2 is 1.76 bits per heavy atom. The Balaban J connectivity index is 2.65. The third-order valence-corrected chi connectivity index (χ3v) is 4.03. The summed E-state index contributed by atoms with van der Waals surface area (Å²) in [4.78, 5) is 4.83. The summed E-state index contributed by atoms with van der Waals surface area (Å²) < 4.78 is 0. The zero-order valence-corrected chi connectivity index (χ0v) is 11.4. The Morgan fingerprint density at radius 1 is 1.12 bits per heavy atom. The molecule has 0 aliphatic heterocycles. The molecule has 0 bridgehead atoms. The largest absolute Gasteiger partial charge is 0.252 e. The van der Waals surface area contributed by atoms with Crippen molar-refractivity contribution in [2.24, 2.45) is 5.92 Å². The number of hydrogen-bond donors (Lipinski definition) is 0. The van der Waals surface area contributed by atoms with Gasteiger partial charge in [0, 0.05) is 16.5 Å². The first-order chi connectivity index (χ1) is 7.93. The van der Waals surface area contributed by atoms with Crippen LogP contribution >= 0.6 is 0 Å². The first-order valence-electron chi connectivity index (χ1n) is 6.30. The second kappa shape index (κ2) is 4.14. The third kappa shape index (κ3) is 2.06. The van der Waals surface area contributed by atoms with Crippen LogP contribution in [-0.4, -0.2) is 4.98 Å². The van der Waals surface area contributed by atoms with E-state index in [4.69, 9.17) is 4.98 Å². The van der Waals surface area contributed by atoms with E-state index in [1.165, 1.54) is 16.6 Å². The minimum Gasteiger partial charge on any atom is -0.252 e. The molecule has 1 heterocycles. The quantitative estimate of drug-likeness (QED) is 0.737. The minimum atomic E-state index is 0.120. The molecule has 0 fully saturated rings. The van der Waals surface area contributed by atoms with Crippen molar-refractivity contribution in [1.82, 2.24) is 4.98 Å². The summed E-state index contributed by atoms with van der Waals surface area (Å²) >= 11 is 0. The van der Waals surface area contributed by atoms with E-state index in [1.54, 1.807) is 0 Å². The Labute approximate surface area is 104 Å². The fraction of sp³-hybridized carbons (Fsp3) is 0.438. The second-order valence-corrected chi connectivity index (χ2v) is 5.72. The van der Waals surface area contributed by atoms with Crippen molar-refractivity contribution in [2.75, 3.05) is 0 Å². The van der Waals surface area contributed by atoms with Crippen molar-refractivity contribution < 1.29 is 0 Å². The molecular weight excluding hydrogens is 206 g/mol. The van der Waals surface area contributed by atoms with Gasteiger partial charge in [0.2, 0.25) is 0 Å². The number of aromatic nitrogens is 1. The van der Waals surface area contributed by atoms with Crippen LogP contribution in [0.1, 0.15) is 39.0 Å². The minimum absolute atomic E-state index is 0.120. The molecule has 0 aliphatic rings. The van der Waals surface area contributed by atoms with Crippen LogP contribution in [0.2, 0.25) is 0 Å². The van der Waals surface area contributed by atoms with E-state index in [1.807, 2.05) is 0 Å². The van der Waals surface area contributed by atoms with Gasteiger partial charge in [-0.2, -0.15) is 0 Å². The van der Waals surface area contributed by atoms with Gasteiger partial charge in [0.05, 0.1) is 5.52 Å². The standard InChI is InChI=1S/C16H21N/c1-11(2)16(4,5)15-10-12(3)13-8-6-7-9-14(13)17-15/h6-11H,1-5H3. The van der Waals surface area contributed by atoms with E-state index in [9.17, 15) is 0 Å². The van der Waals surface area contributed by atoms with Crippen LogP contribution in [0.4, 0.5) is 0 Å². The molecule has 0 N–H and O–H groups in total. The lowest BCUT2D eigenvalue weighted by molar-refractivity contribution is 0.363. The van der Waals surface area contributed by atoms with Crippen molar-refractivity contribution in [1.29, 1.82) is 0 Å². The second-order valence-electron chi connectivity index (χ2n) is 5.72.